The average Bonchev–Trinajstić information content (AvgIpc) is 3.82. The number of fused-ring (bicyclic) bond motifs is 7. The van der Waals surface area contributed by atoms with Crippen molar-refractivity contribution in [3.63, 3.8) is 0 Å². The zero-order chi connectivity index (χ0) is 37.8. The van der Waals surface area contributed by atoms with Gasteiger partial charge in [0.15, 0.2) is 11.4 Å². The van der Waals surface area contributed by atoms with Crippen LogP contribution in [0, 0.1) is 0 Å². The number of benzene rings is 5. The Kier molecular flexibility index (Phi) is 8.20. The Morgan fingerprint density at radius 1 is 0.709 bits per heavy atom. The standard InChI is InChI=1S/C51H41N3O/c1-7-11-20-32(9-3)50-52-46(33-21-14-12-15-22-33)49-47(53-50)38-26-18-25-36(48(38)55-49)34-27-28-44-40(29-34)41-30-39-37(19-8-2)42(10-4)51(5,6)43(39)31-45(41)54(44)35-23-16-13-17-24-35/h7-31H,3-4H2,1-2,5-6H3/b11-7-,19-8-,32-20+. The van der Waals surface area contributed by atoms with Crippen LogP contribution in [0.25, 0.3) is 83.1 Å². The fraction of sp³-hybridized carbons (Fsp3) is 0.0980. The van der Waals surface area contributed by atoms with Gasteiger partial charge in [-0.3, -0.25) is 0 Å². The number of nitrogens with zero attached hydrogens (tertiary/aromatic N) is 3. The van der Waals surface area contributed by atoms with Crippen LogP contribution in [-0.2, 0) is 5.41 Å². The molecule has 3 aromatic heterocycles. The van der Waals surface area contributed by atoms with Gasteiger partial charge in [0, 0.05) is 44.0 Å². The summed E-state index contributed by atoms with van der Waals surface area (Å²) in [4.78, 5) is 10.2. The maximum absolute atomic E-state index is 6.88. The third kappa shape index (κ3) is 5.28. The minimum atomic E-state index is -0.184. The van der Waals surface area contributed by atoms with Crippen LogP contribution in [0.1, 0.15) is 44.6 Å². The van der Waals surface area contributed by atoms with E-state index in [4.69, 9.17) is 14.4 Å². The Morgan fingerprint density at radius 2 is 1.47 bits per heavy atom. The van der Waals surface area contributed by atoms with Gasteiger partial charge in [0.05, 0.1) is 11.0 Å². The predicted octanol–water partition coefficient (Wildman–Crippen LogP) is 13.8. The lowest BCUT2D eigenvalue weighted by atomic mass is 9.81. The zero-order valence-electron chi connectivity index (χ0n) is 31.6. The Balaban J connectivity index is 1.32. The fourth-order valence-corrected chi connectivity index (χ4v) is 8.41. The molecule has 0 atom stereocenters. The molecule has 0 spiro atoms. The van der Waals surface area contributed by atoms with Crippen molar-refractivity contribution >= 4 is 55.0 Å². The highest BCUT2D eigenvalue weighted by Crippen LogP contribution is 2.50. The van der Waals surface area contributed by atoms with E-state index in [9.17, 15) is 0 Å². The number of rotatable bonds is 8. The molecule has 0 amide bonds. The lowest BCUT2D eigenvalue weighted by Crippen LogP contribution is -2.16. The highest BCUT2D eigenvalue weighted by molar-refractivity contribution is 6.15. The highest BCUT2D eigenvalue weighted by Gasteiger charge is 2.36. The molecule has 1 aliphatic rings. The van der Waals surface area contributed by atoms with Crippen molar-refractivity contribution in [2.24, 2.45) is 0 Å². The van der Waals surface area contributed by atoms with E-state index in [-0.39, 0.29) is 5.41 Å². The van der Waals surface area contributed by atoms with Gasteiger partial charge in [-0.15, -0.1) is 0 Å². The molecule has 3 heterocycles. The number of hydrogen-bond acceptors (Lipinski definition) is 3. The van der Waals surface area contributed by atoms with E-state index < -0.39 is 0 Å². The van der Waals surface area contributed by atoms with Crippen LogP contribution in [0.5, 0.6) is 0 Å². The summed E-state index contributed by atoms with van der Waals surface area (Å²) in [5.74, 6) is 0.601. The summed E-state index contributed by atoms with van der Waals surface area (Å²) in [5, 5.41) is 3.31. The molecular weight excluding hydrogens is 671 g/mol. The summed E-state index contributed by atoms with van der Waals surface area (Å²) in [6, 6.07) is 38.8. The Hall–Kier alpha value is -6.78. The van der Waals surface area contributed by atoms with Crippen molar-refractivity contribution in [1.82, 2.24) is 14.5 Å². The third-order valence-electron chi connectivity index (χ3n) is 11.0. The molecule has 4 heteroatoms. The van der Waals surface area contributed by atoms with Gasteiger partial charge < -0.3 is 8.98 Å². The molecule has 0 saturated carbocycles. The van der Waals surface area contributed by atoms with Gasteiger partial charge >= 0.3 is 0 Å². The minimum absolute atomic E-state index is 0.184. The minimum Gasteiger partial charge on any atom is -0.451 e. The number of para-hydroxylation sites is 2. The first kappa shape index (κ1) is 34.0. The summed E-state index contributed by atoms with van der Waals surface area (Å²) in [6.07, 6.45) is 14.1. The molecule has 4 nitrogen and oxygen atoms in total. The van der Waals surface area contributed by atoms with Gasteiger partial charge in [0.1, 0.15) is 16.8 Å². The quantitative estimate of drug-likeness (QED) is 0.147. The summed E-state index contributed by atoms with van der Waals surface area (Å²) < 4.78 is 9.28. The summed E-state index contributed by atoms with van der Waals surface area (Å²) in [7, 11) is 0. The van der Waals surface area contributed by atoms with E-state index in [0.29, 0.717) is 11.4 Å². The van der Waals surface area contributed by atoms with Gasteiger partial charge in [-0.2, -0.15) is 0 Å². The first-order valence-electron chi connectivity index (χ1n) is 18.8. The van der Waals surface area contributed by atoms with Gasteiger partial charge in [0.25, 0.3) is 0 Å². The number of hydrogen-bond donors (Lipinski definition) is 0. The molecule has 0 unspecified atom stereocenters. The van der Waals surface area contributed by atoms with Crippen molar-refractivity contribution in [2.75, 3.05) is 0 Å². The van der Waals surface area contributed by atoms with Crippen molar-refractivity contribution in [1.29, 1.82) is 0 Å². The Bertz CT molecular complexity index is 2980. The van der Waals surface area contributed by atoms with Crippen LogP contribution in [0.4, 0.5) is 0 Å². The van der Waals surface area contributed by atoms with E-state index in [1.165, 1.54) is 38.6 Å². The molecule has 9 rings (SSSR count). The van der Waals surface area contributed by atoms with E-state index in [0.717, 1.165) is 55.6 Å². The van der Waals surface area contributed by atoms with Crippen molar-refractivity contribution in [3.8, 4) is 28.1 Å². The molecule has 0 bridgehead atoms. The predicted molar refractivity (Wildman–Crippen MR) is 232 cm³/mol. The van der Waals surface area contributed by atoms with E-state index in [1.807, 2.05) is 49.4 Å². The van der Waals surface area contributed by atoms with E-state index in [1.54, 1.807) is 6.08 Å². The number of allylic oxidation sites excluding steroid dienone is 10. The van der Waals surface area contributed by atoms with Crippen LogP contribution < -0.4 is 0 Å². The molecule has 1 aliphatic carbocycles. The van der Waals surface area contributed by atoms with Crippen molar-refractivity contribution in [3.05, 3.63) is 187 Å². The molecular formula is C51H41N3O. The van der Waals surface area contributed by atoms with Crippen molar-refractivity contribution in [2.45, 2.75) is 33.1 Å². The monoisotopic (exact) mass is 711 g/mol. The molecule has 0 aliphatic heterocycles. The molecule has 0 saturated heterocycles. The lowest BCUT2D eigenvalue weighted by Gasteiger charge is -2.23. The van der Waals surface area contributed by atoms with Crippen LogP contribution in [0.2, 0.25) is 0 Å². The normalized spacial score (nSPS) is 14.4. The lowest BCUT2D eigenvalue weighted by molar-refractivity contribution is 0.655. The smallest absolute Gasteiger partial charge is 0.180 e. The maximum Gasteiger partial charge on any atom is 0.180 e. The van der Waals surface area contributed by atoms with Gasteiger partial charge in [-0.05, 0) is 84.1 Å². The van der Waals surface area contributed by atoms with Crippen LogP contribution >= 0.6 is 0 Å². The molecule has 8 aromatic rings. The SMILES string of the molecule is C=CC1=C(/C=C\C)c2cc3c4cc(-c5cccc6c5oc5c(-c7ccccc7)nc(/C(C=C)=C/C=C\C)nc56)ccc4n(-c4ccccc4)c3cc2C1(C)C. The van der Waals surface area contributed by atoms with Crippen LogP contribution in [0.3, 0.4) is 0 Å². The second-order valence-electron chi connectivity index (χ2n) is 14.6. The molecule has 0 N–H and O–H groups in total. The van der Waals surface area contributed by atoms with Crippen LogP contribution in [-0.4, -0.2) is 14.5 Å². The Labute approximate surface area is 321 Å². The largest absolute Gasteiger partial charge is 0.451 e. The number of furan rings is 1. The first-order chi connectivity index (χ1) is 26.9. The molecule has 5 aromatic carbocycles. The maximum atomic E-state index is 6.88. The van der Waals surface area contributed by atoms with Gasteiger partial charge in [0.2, 0.25) is 0 Å². The second kappa shape index (κ2) is 13.3. The average molecular weight is 712 g/mol. The molecule has 0 radical (unpaired) electrons. The fourth-order valence-electron chi connectivity index (χ4n) is 8.41. The second-order valence-corrected chi connectivity index (χ2v) is 14.6. The van der Waals surface area contributed by atoms with Crippen LogP contribution in [0.15, 0.2) is 175 Å². The van der Waals surface area contributed by atoms with E-state index in [2.05, 4.69) is 142 Å². The molecule has 266 valence electrons. The topological polar surface area (TPSA) is 43.9 Å². The number of aromatic nitrogens is 3. The first-order valence-corrected chi connectivity index (χ1v) is 18.8. The Morgan fingerprint density at radius 3 is 2.20 bits per heavy atom. The third-order valence-corrected chi connectivity index (χ3v) is 11.0. The zero-order valence-corrected chi connectivity index (χ0v) is 31.6. The molecule has 0 fully saturated rings. The summed E-state index contributed by atoms with van der Waals surface area (Å²) >= 11 is 0. The van der Waals surface area contributed by atoms with Gasteiger partial charge in [-0.1, -0.05) is 136 Å². The highest BCUT2D eigenvalue weighted by atomic mass is 16.3. The van der Waals surface area contributed by atoms with Crippen molar-refractivity contribution < 1.29 is 4.42 Å². The summed E-state index contributed by atoms with van der Waals surface area (Å²) in [6.45, 7) is 17.0. The van der Waals surface area contributed by atoms with Gasteiger partial charge in [-0.25, -0.2) is 9.97 Å². The summed E-state index contributed by atoms with van der Waals surface area (Å²) in [5.41, 5.74) is 15.1. The molecule has 55 heavy (non-hydrogen) atoms. The van der Waals surface area contributed by atoms with E-state index >= 15 is 0 Å².